The molecule has 0 unspecified atom stereocenters. The summed E-state index contributed by atoms with van der Waals surface area (Å²) in [6.07, 6.45) is 5.09. The van der Waals surface area contributed by atoms with Crippen LogP contribution in [-0.4, -0.2) is 20.6 Å². The van der Waals surface area contributed by atoms with Gasteiger partial charge in [-0.3, -0.25) is 0 Å². The molecule has 0 fully saturated rings. The predicted molar refractivity (Wildman–Crippen MR) is 57.8 cm³/mol. The van der Waals surface area contributed by atoms with Crippen LogP contribution >= 0.6 is 12.4 Å². The number of halogens is 1. The van der Waals surface area contributed by atoms with Crippen molar-refractivity contribution >= 4 is 18.4 Å². The van der Waals surface area contributed by atoms with E-state index in [-0.39, 0.29) is 18.0 Å². The molecule has 2 aromatic heterocycles. The van der Waals surface area contributed by atoms with Gasteiger partial charge in [0, 0.05) is 18.6 Å². The second-order valence-electron chi connectivity index (χ2n) is 2.77. The van der Waals surface area contributed by atoms with E-state index in [1.807, 2.05) is 12.1 Å². The van der Waals surface area contributed by atoms with Crippen LogP contribution < -0.4 is 0 Å². The third-order valence-corrected chi connectivity index (χ3v) is 1.87. The number of hydrogen-bond donors (Lipinski definition) is 1. The zero-order valence-electron chi connectivity index (χ0n) is 7.70. The maximum absolute atomic E-state index is 10.9. The first kappa shape index (κ1) is 11.3. The van der Waals surface area contributed by atoms with Gasteiger partial charge in [0.1, 0.15) is 5.56 Å². The second kappa shape index (κ2) is 4.61. The molecule has 0 aromatic carbocycles. The number of hydrogen-bond acceptors (Lipinski definition) is 2. The highest BCUT2D eigenvalue weighted by atomic mass is 35.5. The van der Waals surface area contributed by atoms with Gasteiger partial charge in [-0.2, -0.15) is 0 Å². The number of carbonyl (C=O) groups is 1. The van der Waals surface area contributed by atoms with Crippen molar-refractivity contribution < 1.29 is 9.90 Å². The molecule has 0 aliphatic rings. The van der Waals surface area contributed by atoms with Gasteiger partial charge >= 0.3 is 5.97 Å². The third-order valence-electron chi connectivity index (χ3n) is 1.87. The Morgan fingerprint density at radius 2 is 1.93 bits per heavy atom. The summed E-state index contributed by atoms with van der Waals surface area (Å²) in [5.74, 6) is -0.535. The minimum Gasteiger partial charge on any atom is -0.478 e. The number of aromatic carboxylic acids is 1. The van der Waals surface area contributed by atoms with Gasteiger partial charge in [-0.1, -0.05) is 0 Å². The summed E-state index contributed by atoms with van der Waals surface area (Å²) >= 11 is 0. The average Bonchev–Trinajstić information content (AvgIpc) is 2.70. The molecule has 15 heavy (non-hydrogen) atoms. The molecule has 1 N–H and O–H groups in total. The molecule has 0 radical (unpaired) electrons. The first-order valence-electron chi connectivity index (χ1n) is 4.10. The summed E-state index contributed by atoms with van der Waals surface area (Å²) < 4.78 is 1.67. The standard InChI is InChI=1S/C10H8N2O2.ClH/c13-10(14)8-4-3-5-11-9(8)12-6-1-2-7-12;/h1-7H,(H,13,14);1H. The Hall–Kier alpha value is -1.81. The average molecular weight is 225 g/mol. The first-order chi connectivity index (χ1) is 6.79. The van der Waals surface area contributed by atoms with Crippen LogP contribution in [0.2, 0.25) is 0 Å². The quantitative estimate of drug-likeness (QED) is 0.849. The summed E-state index contributed by atoms with van der Waals surface area (Å²) in [5, 5.41) is 8.91. The van der Waals surface area contributed by atoms with Crippen LogP contribution in [0.4, 0.5) is 0 Å². The van der Waals surface area contributed by atoms with Crippen LogP contribution in [0.1, 0.15) is 10.4 Å². The number of pyridine rings is 1. The van der Waals surface area contributed by atoms with Gasteiger partial charge in [-0.15, -0.1) is 12.4 Å². The fourth-order valence-corrected chi connectivity index (χ4v) is 1.25. The van der Waals surface area contributed by atoms with Crippen LogP contribution in [0, 0.1) is 0 Å². The topological polar surface area (TPSA) is 55.1 Å². The lowest BCUT2D eigenvalue weighted by Gasteiger charge is -2.04. The van der Waals surface area contributed by atoms with Crippen molar-refractivity contribution in [2.75, 3.05) is 0 Å². The molecule has 2 aromatic rings. The Morgan fingerprint density at radius 3 is 2.53 bits per heavy atom. The van der Waals surface area contributed by atoms with Crippen LogP contribution in [-0.2, 0) is 0 Å². The second-order valence-corrected chi connectivity index (χ2v) is 2.77. The lowest BCUT2D eigenvalue weighted by Crippen LogP contribution is -2.05. The molecule has 0 bridgehead atoms. The fraction of sp³-hybridized carbons (Fsp3) is 0. The van der Waals surface area contributed by atoms with Crippen molar-refractivity contribution in [2.24, 2.45) is 0 Å². The maximum atomic E-state index is 10.9. The van der Waals surface area contributed by atoms with E-state index in [1.165, 1.54) is 6.07 Å². The van der Waals surface area contributed by atoms with Gasteiger partial charge in [0.05, 0.1) is 0 Å². The van der Waals surface area contributed by atoms with Crippen molar-refractivity contribution in [3.8, 4) is 5.82 Å². The van der Waals surface area contributed by atoms with E-state index in [0.29, 0.717) is 5.82 Å². The van der Waals surface area contributed by atoms with Crippen molar-refractivity contribution in [2.45, 2.75) is 0 Å². The molecular formula is C10H9ClN2O2. The highest BCUT2D eigenvalue weighted by Crippen LogP contribution is 2.10. The van der Waals surface area contributed by atoms with Gasteiger partial charge in [0.15, 0.2) is 5.82 Å². The zero-order chi connectivity index (χ0) is 9.97. The first-order valence-corrected chi connectivity index (χ1v) is 4.10. The summed E-state index contributed by atoms with van der Waals surface area (Å²) in [6, 6.07) is 6.78. The van der Waals surface area contributed by atoms with Crippen molar-refractivity contribution in [1.29, 1.82) is 0 Å². The molecule has 0 saturated heterocycles. The van der Waals surface area contributed by atoms with Crippen LogP contribution in [0.3, 0.4) is 0 Å². The molecule has 0 amide bonds. The Bertz CT molecular complexity index is 454. The summed E-state index contributed by atoms with van der Waals surface area (Å²) in [7, 11) is 0. The summed E-state index contributed by atoms with van der Waals surface area (Å²) in [4.78, 5) is 14.9. The van der Waals surface area contributed by atoms with Crippen LogP contribution in [0.15, 0.2) is 42.9 Å². The van der Waals surface area contributed by atoms with E-state index >= 15 is 0 Å². The Labute approximate surface area is 92.6 Å². The lowest BCUT2D eigenvalue weighted by molar-refractivity contribution is 0.0696. The van der Waals surface area contributed by atoms with Gasteiger partial charge in [0.2, 0.25) is 0 Å². The lowest BCUT2D eigenvalue weighted by atomic mass is 10.2. The van der Waals surface area contributed by atoms with Crippen molar-refractivity contribution in [3.05, 3.63) is 48.4 Å². The molecule has 2 rings (SSSR count). The van der Waals surface area contributed by atoms with E-state index in [1.54, 1.807) is 29.2 Å². The van der Waals surface area contributed by atoms with Crippen molar-refractivity contribution in [3.63, 3.8) is 0 Å². The van der Waals surface area contributed by atoms with E-state index in [0.717, 1.165) is 0 Å². The number of aromatic nitrogens is 2. The number of carboxylic acids is 1. The van der Waals surface area contributed by atoms with Gasteiger partial charge in [-0.25, -0.2) is 9.78 Å². The van der Waals surface area contributed by atoms with Gasteiger partial charge in [-0.05, 0) is 24.3 Å². The molecule has 0 atom stereocenters. The van der Waals surface area contributed by atoms with E-state index in [4.69, 9.17) is 5.11 Å². The smallest absolute Gasteiger partial charge is 0.339 e. The van der Waals surface area contributed by atoms with Crippen LogP contribution in [0.25, 0.3) is 5.82 Å². The number of carboxylic acid groups (broad SMARTS) is 1. The maximum Gasteiger partial charge on any atom is 0.339 e. The monoisotopic (exact) mass is 224 g/mol. The molecular weight excluding hydrogens is 216 g/mol. The molecule has 4 nitrogen and oxygen atoms in total. The SMILES string of the molecule is Cl.O=C(O)c1cccnc1-n1cccc1. The van der Waals surface area contributed by atoms with E-state index < -0.39 is 5.97 Å². The fourth-order valence-electron chi connectivity index (χ4n) is 1.25. The molecule has 0 aliphatic carbocycles. The molecule has 2 heterocycles. The van der Waals surface area contributed by atoms with Gasteiger partial charge in [0.25, 0.3) is 0 Å². The normalized spacial score (nSPS) is 9.33. The molecule has 78 valence electrons. The number of rotatable bonds is 2. The molecule has 0 saturated carbocycles. The highest BCUT2D eigenvalue weighted by molar-refractivity contribution is 5.91. The van der Waals surface area contributed by atoms with E-state index in [9.17, 15) is 4.79 Å². The minimum absolute atomic E-state index is 0. The molecule has 0 spiro atoms. The largest absolute Gasteiger partial charge is 0.478 e. The third kappa shape index (κ3) is 2.16. The highest BCUT2D eigenvalue weighted by Gasteiger charge is 2.10. The zero-order valence-corrected chi connectivity index (χ0v) is 8.52. The molecule has 5 heteroatoms. The Balaban J connectivity index is 0.00000112. The Morgan fingerprint density at radius 1 is 1.27 bits per heavy atom. The van der Waals surface area contributed by atoms with Crippen LogP contribution in [0.5, 0.6) is 0 Å². The van der Waals surface area contributed by atoms with Gasteiger partial charge < -0.3 is 9.67 Å². The minimum atomic E-state index is -0.971. The van der Waals surface area contributed by atoms with Crippen molar-refractivity contribution in [1.82, 2.24) is 9.55 Å². The summed E-state index contributed by atoms with van der Waals surface area (Å²) in [5.41, 5.74) is 0.198. The number of nitrogens with zero attached hydrogens (tertiary/aromatic N) is 2. The summed E-state index contributed by atoms with van der Waals surface area (Å²) in [6.45, 7) is 0. The predicted octanol–water partition coefficient (Wildman–Crippen LogP) is 1.99. The Kier molecular flexibility index (Phi) is 3.46. The van der Waals surface area contributed by atoms with E-state index in [2.05, 4.69) is 4.98 Å². The molecule has 0 aliphatic heterocycles.